The lowest BCUT2D eigenvalue weighted by Crippen LogP contribution is -2.03. The van der Waals surface area contributed by atoms with Gasteiger partial charge in [-0.05, 0) is 24.2 Å². The molecule has 0 spiro atoms. The first-order valence-corrected chi connectivity index (χ1v) is 6.42. The standard InChI is InChI=1S/C11H14N2O4S/c1-7(2)5-6-18-10-9(13(16)17)4-3-8(12-10)11(14)15/h3-4,7H,5-6H2,1-2H3,(H,14,15). The Bertz CT molecular complexity index is 462. The predicted octanol–water partition coefficient (Wildman–Crippen LogP) is 2.83. The maximum absolute atomic E-state index is 10.8. The van der Waals surface area contributed by atoms with E-state index in [1.807, 2.05) is 0 Å². The number of aromatic carboxylic acids is 1. The predicted molar refractivity (Wildman–Crippen MR) is 68.0 cm³/mol. The third-order valence-corrected chi connectivity index (χ3v) is 3.20. The van der Waals surface area contributed by atoms with Crippen LogP contribution in [0.2, 0.25) is 0 Å². The monoisotopic (exact) mass is 270 g/mol. The summed E-state index contributed by atoms with van der Waals surface area (Å²) in [6.07, 6.45) is 0.890. The van der Waals surface area contributed by atoms with Gasteiger partial charge in [0.05, 0.1) is 4.92 Å². The van der Waals surface area contributed by atoms with E-state index in [2.05, 4.69) is 18.8 Å². The van der Waals surface area contributed by atoms with Gasteiger partial charge in [-0.1, -0.05) is 25.6 Å². The molecule has 0 unspecified atom stereocenters. The molecule has 1 rings (SSSR count). The van der Waals surface area contributed by atoms with E-state index in [0.717, 1.165) is 12.5 Å². The summed E-state index contributed by atoms with van der Waals surface area (Å²) in [5.74, 6) is -0.0241. The van der Waals surface area contributed by atoms with Crippen LogP contribution in [0.25, 0.3) is 0 Å². The number of aromatic nitrogens is 1. The number of hydrogen-bond acceptors (Lipinski definition) is 5. The smallest absolute Gasteiger partial charge is 0.354 e. The molecule has 0 aliphatic heterocycles. The number of carboxylic acids is 1. The number of nitrogens with zero attached hydrogens (tertiary/aromatic N) is 2. The molecule has 1 N–H and O–H groups in total. The topological polar surface area (TPSA) is 93.3 Å². The Morgan fingerprint density at radius 3 is 2.72 bits per heavy atom. The second kappa shape index (κ2) is 6.34. The third-order valence-electron chi connectivity index (χ3n) is 2.19. The highest BCUT2D eigenvalue weighted by Gasteiger charge is 2.18. The van der Waals surface area contributed by atoms with E-state index in [-0.39, 0.29) is 16.4 Å². The lowest BCUT2D eigenvalue weighted by atomic mass is 10.2. The Morgan fingerprint density at radius 2 is 2.22 bits per heavy atom. The molecular weight excluding hydrogens is 256 g/mol. The fraction of sp³-hybridized carbons (Fsp3) is 0.455. The average Bonchev–Trinajstić information content (AvgIpc) is 2.27. The van der Waals surface area contributed by atoms with Crippen molar-refractivity contribution in [3.63, 3.8) is 0 Å². The van der Waals surface area contributed by atoms with Crippen molar-refractivity contribution in [1.29, 1.82) is 0 Å². The lowest BCUT2D eigenvalue weighted by Gasteiger charge is -2.05. The maximum Gasteiger partial charge on any atom is 0.354 e. The molecule has 0 aliphatic carbocycles. The molecule has 0 amide bonds. The number of thioether (sulfide) groups is 1. The van der Waals surface area contributed by atoms with Crippen LogP contribution in [0.4, 0.5) is 5.69 Å². The van der Waals surface area contributed by atoms with Gasteiger partial charge in [0, 0.05) is 6.07 Å². The van der Waals surface area contributed by atoms with Crippen LogP contribution in [-0.4, -0.2) is 26.7 Å². The number of rotatable bonds is 6. The van der Waals surface area contributed by atoms with Crippen LogP contribution in [0.3, 0.4) is 0 Å². The molecule has 6 nitrogen and oxygen atoms in total. The molecule has 1 aromatic rings. The molecule has 1 heterocycles. The van der Waals surface area contributed by atoms with Crippen molar-refractivity contribution in [2.75, 3.05) is 5.75 Å². The van der Waals surface area contributed by atoms with Crippen LogP contribution >= 0.6 is 11.8 Å². The minimum Gasteiger partial charge on any atom is -0.477 e. The summed E-state index contributed by atoms with van der Waals surface area (Å²) in [5.41, 5.74) is -0.318. The molecule has 0 atom stereocenters. The molecule has 0 saturated heterocycles. The molecule has 0 saturated carbocycles. The van der Waals surface area contributed by atoms with E-state index in [1.54, 1.807) is 0 Å². The summed E-state index contributed by atoms with van der Waals surface area (Å²) in [7, 11) is 0. The molecular formula is C11H14N2O4S. The van der Waals surface area contributed by atoms with E-state index in [1.165, 1.54) is 17.8 Å². The highest BCUT2D eigenvalue weighted by Crippen LogP contribution is 2.28. The summed E-state index contributed by atoms with van der Waals surface area (Å²) < 4.78 is 0. The van der Waals surface area contributed by atoms with Crippen LogP contribution in [0.15, 0.2) is 17.2 Å². The van der Waals surface area contributed by atoms with Gasteiger partial charge in [-0.3, -0.25) is 10.1 Å². The lowest BCUT2D eigenvalue weighted by molar-refractivity contribution is -0.388. The van der Waals surface area contributed by atoms with Crippen molar-refractivity contribution in [2.24, 2.45) is 5.92 Å². The van der Waals surface area contributed by atoms with Gasteiger partial charge in [0.2, 0.25) is 0 Å². The van der Waals surface area contributed by atoms with Gasteiger partial charge in [0.1, 0.15) is 5.69 Å². The van der Waals surface area contributed by atoms with Crippen molar-refractivity contribution in [3.8, 4) is 0 Å². The molecule has 18 heavy (non-hydrogen) atoms. The Kier molecular flexibility index (Phi) is 5.08. The molecule has 0 aromatic carbocycles. The number of carbonyl (C=O) groups is 1. The Morgan fingerprint density at radius 1 is 1.56 bits per heavy atom. The van der Waals surface area contributed by atoms with Gasteiger partial charge in [-0.2, -0.15) is 0 Å². The summed E-state index contributed by atoms with van der Waals surface area (Å²) in [4.78, 5) is 24.8. The SMILES string of the molecule is CC(C)CCSc1nc(C(=O)O)ccc1[N+](=O)[O-]. The van der Waals surface area contributed by atoms with Crippen LogP contribution in [0.5, 0.6) is 0 Å². The first-order valence-electron chi connectivity index (χ1n) is 5.43. The van der Waals surface area contributed by atoms with Crippen molar-refractivity contribution in [2.45, 2.75) is 25.3 Å². The van der Waals surface area contributed by atoms with Crippen LogP contribution in [-0.2, 0) is 0 Å². The van der Waals surface area contributed by atoms with E-state index in [0.29, 0.717) is 11.7 Å². The fourth-order valence-electron chi connectivity index (χ4n) is 1.19. The van der Waals surface area contributed by atoms with E-state index < -0.39 is 10.9 Å². The van der Waals surface area contributed by atoms with Gasteiger partial charge in [0.15, 0.2) is 5.03 Å². The zero-order valence-electron chi connectivity index (χ0n) is 10.1. The molecule has 98 valence electrons. The summed E-state index contributed by atoms with van der Waals surface area (Å²) in [5, 5.41) is 19.8. The zero-order chi connectivity index (χ0) is 13.7. The van der Waals surface area contributed by atoms with Gasteiger partial charge in [-0.25, -0.2) is 9.78 Å². The number of carboxylic acid groups (broad SMARTS) is 1. The van der Waals surface area contributed by atoms with Crippen LogP contribution < -0.4 is 0 Å². The first kappa shape index (κ1) is 14.4. The van der Waals surface area contributed by atoms with Crippen molar-refractivity contribution >= 4 is 23.4 Å². The van der Waals surface area contributed by atoms with Crippen molar-refractivity contribution in [1.82, 2.24) is 4.98 Å². The van der Waals surface area contributed by atoms with Crippen LogP contribution in [0, 0.1) is 16.0 Å². The molecule has 1 aromatic heterocycles. The Labute approximate surface area is 109 Å². The maximum atomic E-state index is 10.8. The summed E-state index contributed by atoms with van der Waals surface area (Å²) in [6, 6.07) is 2.33. The second-order valence-corrected chi connectivity index (χ2v) is 5.20. The minimum atomic E-state index is -1.18. The Hall–Kier alpha value is -1.63. The number of pyridine rings is 1. The second-order valence-electron chi connectivity index (χ2n) is 4.11. The molecule has 0 radical (unpaired) electrons. The molecule has 0 fully saturated rings. The van der Waals surface area contributed by atoms with E-state index >= 15 is 0 Å². The first-order chi connectivity index (χ1) is 8.41. The average molecular weight is 270 g/mol. The molecule has 0 bridgehead atoms. The molecule has 7 heteroatoms. The number of nitro groups is 1. The largest absolute Gasteiger partial charge is 0.477 e. The van der Waals surface area contributed by atoms with Gasteiger partial charge in [-0.15, -0.1) is 0 Å². The highest BCUT2D eigenvalue weighted by atomic mass is 32.2. The number of hydrogen-bond donors (Lipinski definition) is 1. The minimum absolute atomic E-state index is 0.145. The normalized spacial score (nSPS) is 10.6. The van der Waals surface area contributed by atoms with E-state index in [9.17, 15) is 14.9 Å². The van der Waals surface area contributed by atoms with Gasteiger partial charge >= 0.3 is 11.7 Å². The van der Waals surface area contributed by atoms with Gasteiger partial charge in [0.25, 0.3) is 0 Å². The van der Waals surface area contributed by atoms with Crippen molar-refractivity contribution < 1.29 is 14.8 Å². The quantitative estimate of drug-likeness (QED) is 0.485. The third kappa shape index (κ3) is 3.99. The highest BCUT2D eigenvalue weighted by molar-refractivity contribution is 7.99. The van der Waals surface area contributed by atoms with E-state index in [4.69, 9.17) is 5.11 Å². The van der Waals surface area contributed by atoms with Crippen molar-refractivity contribution in [3.05, 3.63) is 27.9 Å². The molecule has 0 aliphatic rings. The summed E-state index contributed by atoms with van der Waals surface area (Å²) >= 11 is 1.22. The zero-order valence-corrected chi connectivity index (χ0v) is 10.9. The fourth-order valence-corrected chi connectivity index (χ4v) is 2.42. The Balaban J connectivity index is 2.93. The summed E-state index contributed by atoms with van der Waals surface area (Å²) in [6.45, 7) is 4.10. The van der Waals surface area contributed by atoms with Crippen LogP contribution in [0.1, 0.15) is 30.8 Å². The van der Waals surface area contributed by atoms with Gasteiger partial charge < -0.3 is 5.11 Å².